The summed E-state index contributed by atoms with van der Waals surface area (Å²) in [7, 11) is 0. The average Bonchev–Trinajstić information content (AvgIpc) is 2.42. The zero-order valence-electron chi connectivity index (χ0n) is 13.2. The van der Waals surface area contributed by atoms with E-state index in [1.165, 1.54) is 11.1 Å². The van der Waals surface area contributed by atoms with Gasteiger partial charge in [0.25, 0.3) is 0 Å². The van der Waals surface area contributed by atoms with Crippen LogP contribution in [0.3, 0.4) is 0 Å². The van der Waals surface area contributed by atoms with Crippen molar-refractivity contribution in [2.45, 2.75) is 39.7 Å². The Hall–Kier alpha value is -1.55. The van der Waals surface area contributed by atoms with Crippen molar-refractivity contribution in [3.63, 3.8) is 0 Å². The first-order valence-electron chi connectivity index (χ1n) is 7.77. The molecule has 2 rings (SSSR count). The lowest BCUT2D eigenvalue weighted by Gasteiger charge is -2.27. The molecule has 4 heteroatoms. The van der Waals surface area contributed by atoms with Gasteiger partial charge in [-0.05, 0) is 63.4 Å². The Bertz CT molecular complexity index is 467. The highest BCUT2D eigenvalue weighted by molar-refractivity contribution is 5.78. The predicted molar refractivity (Wildman–Crippen MR) is 84.6 cm³/mol. The first kappa shape index (κ1) is 15.8. The SMILES string of the molecule is Cc1cc(C)cc(OCCNC(=O)[C@H]2CCN[C@@H](C)C2)c1. The van der Waals surface area contributed by atoms with Gasteiger partial charge in [-0.3, -0.25) is 4.79 Å². The molecule has 0 aliphatic carbocycles. The summed E-state index contributed by atoms with van der Waals surface area (Å²) in [6, 6.07) is 6.58. The third-order valence-electron chi connectivity index (χ3n) is 3.86. The second kappa shape index (κ2) is 7.46. The second-order valence-electron chi connectivity index (χ2n) is 6.04. The number of piperidine rings is 1. The smallest absolute Gasteiger partial charge is 0.223 e. The van der Waals surface area contributed by atoms with Gasteiger partial charge in [0, 0.05) is 12.0 Å². The molecule has 1 aromatic rings. The Balaban J connectivity index is 1.70. The van der Waals surface area contributed by atoms with Crippen molar-refractivity contribution in [3.05, 3.63) is 29.3 Å². The molecule has 0 unspecified atom stereocenters. The highest BCUT2D eigenvalue weighted by atomic mass is 16.5. The summed E-state index contributed by atoms with van der Waals surface area (Å²) in [6.45, 7) is 8.24. The molecule has 1 saturated heterocycles. The van der Waals surface area contributed by atoms with Gasteiger partial charge in [-0.15, -0.1) is 0 Å². The number of hydrogen-bond acceptors (Lipinski definition) is 3. The van der Waals surface area contributed by atoms with E-state index in [9.17, 15) is 4.79 Å². The fourth-order valence-electron chi connectivity index (χ4n) is 2.87. The fourth-order valence-corrected chi connectivity index (χ4v) is 2.87. The van der Waals surface area contributed by atoms with E-state index < -0.39 is 0 Å². The van der Waals surface area contributed by atoms with Gasteiger partial charge in [-0.1, -0.05) is 6.07 Å². The number of amides is 1. The number of carbonyl (C=O) groups is 1. The van der Waals surface area contributed by atoms with Crippen LogP contribution >= 0.6 is 0 Å². The molecular formula is C17H26N2O2. The first-order chi connectivity index (χ1) is 10.0. The highest BCUT2D eigenvalue weighted by Crippen LogP contribution is 2.17. The zero-order valence-corrected chi connectivity index (χ0v) is 13.2. The molecule has 0 aromatic heterocycles. The lowest BCUT2D eigenvalue weighted by atomic mass is 9.92. The summed E-state index contributed by atoms with van der Waals surface area (Å²) in [6.07, 6.45) is 1.85. The van der Waals surface area contributed by atoms with E-state index in [0.29, 0.717) is 19.2 Å². The van der Waals surface area contributed by atoms with E-state index in [1.54, 1.807) is 0 Å². The normalized spacial score (nSPS) is 21.9. The van der Waals surface area contributed by atoms with Crippen LogP contribution in [-0.4, -0.2) is 31.6 Å². The van der Waals surface area contributed by atoms with E-state index >= 15 is 0 Å². The van der Waals surface area contributed by atoms with Gasteiger partial charge in [-0.2, -0.15) is 0 Å². The quantitative estimate of drug-likeness (QED) is 0.817. The Labute approximate surface area is 127 Å². The Morgan fingerprint density at radius 2 is 2.05 bits per heavy atom. The number of carbonyl (C=O) groups excluding carboxylic acids is 1. The van der Waals surface area contributed by atoms with E-state index in [1.807, 2.05) is 12.1 Å². The molecule has 4 nitrogen and oxygen atoms in total. The molecule has 116 valence electrons. The van der Waals surface area contributed by atoms with Crippen molar-refractivity contribution in [1.29, 1.82) is 0 Å². The van der Waals surface area contributed by atoms with Crippen molar-refractivity contribution in [2.75, 3.05) is 19.7 Å². The maximum absolute atomic E-state index is 12.1. The van der Waals surface area contributed by atoms with Crippen molar-refractivity contribution >= 4 is 5.91 Å². The molecule has 0 bridgehead atoms. The summed E-state index contributed by atoms with van der Waals surface area (Å²) in [5.74, 6) is 1.17. The summed E-state index contributed by atoms with van der Waals surface area (Å²) >= 11 is 0. The number of hydrogen-bond donors (Lipinski definition) is 2. The van der Waals surface area contributed by atoms with Crippen molar-refractivity contribution in [2.24, 2.45) is 5.92 Å². The van der Waals surface area contributed by atoms with Crippen LogP contribution in [0.15, 0.2) is 18.2 Å². The molecule has 1 aromatic carbocycles. The van der Waals surface area contributed by atoms with E-state index in [2.05, 4.69) is 37.5 Å². The predicted octanol–water partition coefficient (Wildman–Crippen LogP) is 2.19. The molecule has 1 fully saturated rings. The number of nitrogens with one attached hydrogen (secondary N) is 2. The Morgan fingerprint density at radius 3 is 2.71 bits per heavy atom. The third-order valence-corrected chi connectivity index (χ3v) is 3.86. The summed E-state index contributed by atoms with van der Waals surface area (Å²) < 4.78 is 5.70. The highest BCUT2D eigenvalue weighted by Gasteiger charge is 2.24. The van der Waals surface area contributed by atoms with Gasteiger partial charge in [0.05, 0.1) is 6.54 Å². The second-order valence-corrected chi connectivity index (χ2v) is 6.04. The van der Waals surface area contributed by atoms with Crippen LogP contribution in [-0.2, 0) is 4.79 Å². The molecule has 1 amide bonds. The van der Waals surface area contributed by atoms with Crippen molar-refractivity contribution in [3.8, 4) is 5.75 Å². The molecule has 2 N–H and O–H groups in total. The molecule has 0 radical (unpaired) electrons. The minimum absolute atomic E-state index is 0.141. The van der Waals surface area contributed by atoms with Gasteiger partial charge >= 0.3 is 0 Å². The van der Waals surface area contributed by atoms with E-state index in [4.69, 9.17) is 4.74 Å². The Morgan fingerprint density at radius 1 is 1.33 bits per heavy atom. The van der Waals surface area contributed by atoms with Gasteiger partial charge < -0.3 is 15.4 Å². The lowest BCUT2D eigenvalue weighted by Crippen LogP contribution is -2.43. The maximum Gasteiger partial charge on any atom is 0.223 e. The first-order valence-corrected chi connectivity index (χ1v) is 7.77. The number of aryl methyl sites for hydroxylation is 2. The van der Waals surface area contributed by atoms with Gasteiger partial charge in [0.2, 0.25) is 5.91 Å². The van der Waals surface area contributed by atoms with Gasteiger partial charge in [0.1, 0.15) is 12.4 Å². The number of rotatable bonds is 5. The van der Waals surface area contributed by atoms with Gasteiger partial charge in [-0.25, -0.2) is 0 Å². The molecule has 0 saturated carbocycles. The maximum atomic E-state index is 12.1. The van der Waals surface area contributed by atoms with Crippen molar-refractivity contribution in [1.82, 2.24) is 10.6 Å². The van der Waals surface area contributed by atoms with Crippen LogP contribution in [0.2, 0.25) is 0 Å². The molecule has 0 spiro atoms. The number of benzene rings is 1. The Kier molecular flexibility index (Phi) is 5.62. The molecule has 1 aliphatic rings. The van der Waals surface area contributed by atoms with Crippen LogP contribution in [0.25, 0.3) is 0 Å². The van der Waals surface area contributed by atoms with Crippen LogP contribution < -0.4 is 15.4 Å². The van der Waals surface area contributed by atoms with E-state index in [0.717, 1.165) is 25.1 Å². The van der Waals surface area contributed by atoms with E-state index in [-0.39, 0.29) is 11.8 Å². The van der Waals surface area contributed by atoms with Crippen LogP contribution in [0.4, 0.5) is 0 Å². The standard InChI is InChI=1S/C17H26N2O2/c1-12-8-13(2)10-16(9-12)21-7-6-19-17(20)15-4-5-18-14(3)11-15/h8-10,14-15,18H,4-7,11H2,1-3H3,(H,19,20)/t14-,15-/m0/s1. The molecule has 2 atom stereocenters. The minimum Gasteiger partial charge on any atom is -0.492 e. The lowest BCUT2D eigenvalue weighted by molar-refractivity contribution is -0.126. The number of ether oxygens (including phenoxy) is 1. The monoisotopic (exact) mass is 290 g/mol. The molecular weight excluding hydrogens is 264 g/mol. The van der Waals surface area contributed by atoms with Crippen LogP contribution in [0.5, 0.6) is 5.75 Å². The fraction of sp³-hybridized carbons (Fsp3) is 0.588. The van der Waals surface area contributed by atoms with Crippen LogP contribution in [0, 0.1) is 19.8 Å². The summed E-state index contributed by atoms with van der Waals surface area (Å²) in [5, 5.41) is 6.34. The summed E-state index contributed by atoms with van der Waals surface area (Å²) in [5.41, 5.74) is 2.38. The topological polar surface area (TPSA) is 50.4 Å². The molecule has 1 aliphatic heterocycles. The summed E-state index contributed by atoms with van der Waals surface area (Å²) in [4.78, 5) is 12.1. The van der Waals surface area contributed by atoms with Crippen molar-refractivity contribution < 1.29 is 9.53 Å². The zero-order chi connectivity index (χ0) is 15.2. The largest absolute Gasteiger partial charge is 0.492 e. The molecule has 1 heterocycles. The minimum atomic E-state index is 0.141. The molecule has 21 heavy (non-hydrogen) atoms. The van der Waals surface area contributed by atoms with Crippen LogP contribution in [0.1, 0.15) is 30.9 Å². The third kappa shape index (κ3) is 5.05. The van der Waals surface area contributed by atoms with Gasteiger partial charge in [0.15, 0.2) is 0 Å². The average molecular weight is 290 g/mol.